The molecule has 0 unspecified atom stereocenters. The number of hydrogen-bond acceptors (Lipinski definition) is 7. The van der Waals surface area contributed by atoms with Gasteiger partial charge in [-0.1, -0.05) is 29.4 Å². The fourth-order valence-electron chi connectivity index (χ4n) is 4.92. The van der Waals surface area contributed by atoms with Gasteiger partial charge in [0.25, 0.3) is 10.0 Å². The zero-order chi connectivity index (χ0) is 30.1. The second-order valence-corrected chi connectivity index (χ2v) is 12.1. The first kappa shape index (κ1) is 29.4. The summed E-state index contributed by atoms with van der Waals surface area (Å²) in [6.07, 6.45) is 1.14. The predicted octanol–water partition coefficient (Wildman–Crippen LogP) is 5.65. The molecule has 42 heavy (non-hydrogen) atoms. The number of alkyl halides is 1. The van der Waals surface area contributed by atoms with Crippen molar-refractivity contribution >= 4 is 21.5 Å². The van der Waals surface area contributed by atoms with Crippen molar-refractivity contribution in [3.05, 3.63) is 101 Å². The summed E-state index contributed by atoms with van der Waals surface area (Å²) < 4.78 is 97.2. The SMILES string of the molecule is COc1ccc(CN(c2ccon2)S(=O)(=O)c2c(F)cc(NCc3c(F)cccc3CN3CC(C)(F)C3)cc2F)cc1. The monoisotopic (exact) mass is 604 g/mol. The van der Waals surface area contributed by atoms with E-state index in [1.54, 1.807) is 30.3 Å². The Hall–Kier alpha value is -4.10. The molecule has 8 nitrogen and oxygen atoms in total. The molecule has 1 fully saturated rings. The molecule has 3 aromatic carbocycles. The van der Waals surface area contributed by atoms with E-state index in [0.717, 1.165) is 22.7 Å². The highest BCUT2D eigenvalue weighted by Crippen LogP contribution is 2.31. The van der Waals surface area contributed by atoms with Crippen molar-refractivity contribution in [1.82, 2.24) is 10.1 Å². The quantitative estimate of drug-likeness (QED) is 0.221. The third-order valence-corrected chi connectivity index (χ3v) is 8.70. The molecule has 0 aliphatic carbocycles. The highest BCUT2D eigenvalue weighted by Gasteiger charge is 2.39. The summed E-state index contributed by atoms with van der Waals surface area (Å²) in [4.78, 5) is 0.646. The molecule has 5 rings (SSSR count). The molecular weight excluding hydrogens is 576 g/mol. The van der Waals surface area contributed by atoms with Crippen molar-refractivity contribution in [1.29, 1.82) is 0 Å². The minimum Gasteiger partial charge on any atom is -0.497 e. The van der Waals surface area contributed by atoms with E-state index in [4.69, 9.17) is 9.26 Å². The van der Waals surface area contributed by atoms with E-state index in [2.05, 4.69) is 10.5 Å². The van der Waals surface area contributed by atoms with E-state index in [9.17, 15) is 17.2 Å². The standard InChI is InChI=1S/C29H28F4N4O4S/c1-29(33)17-36(18-29)16-20-4-3-5-24(30)23(20)14-34-21-12-25(31)28(26(32)13-21)42(38,39)37(27-10-11-41-35-27)15-19-6-8-22(40-2)9-7-19/h3-13,34H,14-18H2,1-2H3. The van der Waals surface area contributed by atoms with Crippen molar-refractivity contribution in [2.24, 2.45) is 0 Å². The van der Waals surface area contributed by atoms with Crippen LogP contribution in [0.15, 0.2) is 76.3 Å². The van der Waals surface area contributed by atoms with Gasteiger partial charge < -0.3 is 14.6 Å². The van der Waals surface area contributed by atoms with Gasteiger partial charge in [0.05, 0.1) is 13.7 Å². The van der Waals surface area contributed by atoms with E-state index in [0.29, 0.717) is 23.4 Å². The first-order chi connectivity index (χ1) is 20.0. The summed E-state index contributed by atoms with van der Waals surface area (Å²) in [5, 5.41) is 6.44. The molecule has 1 aliphatic heterocycles. The Labute approximate surface area is 240 Å². The summed E-state index contributed by atoms with van der Waals surface area (Å²) in [7, 11) is -3.33. The van der Waals surface area contributed by atoms with Crippen molar-refractivity contribution in [2.45, 2.75) is 37.1 Å². The summed E-state index contributed by atoms with van der Waals surface area (Å²) in [6, 6.07) is 13.9. The Kier molecular flexibility index (Phi) is 8.15. The van der Waals surface area contributed by atoms with Crippen LogP contribution in [0.3, 0.4) is 0 Å². The van der Waals surface area contributed by atoms with Gasteiger partial charge in [0, 0.05) is 43.5 Å². The molecule has 1 aromatic heterocycles. The number of methoxy groups -OCH3 is 1. The molecule has 0 spiro atoms. The lowest BCUT2D eigenvalue weighted by Gasteiger charge is -2.42. The van der Waals surface area contributed by atoms with Gasteiger partial charge in [-0.2, -0.15) is 0 Å². The number of rotatable bonds is 11. The topological polar surface area (TPSA) is 87.9 Å². The molecule has 0 saturated carbocycles. The molecule has 0 bridgehead atoms. The number of aromatic nitrogens is 1. The molecule has 2 heterocycles. The highest BCUT2D eigenvalue weighted by atomic mass is 32.2. The van der Waals surface area contributed by atoms with Crippen LogP contribution in [-0.4, -0.2) is 44.3 Å². The van der Waals surface area contributed by atoms with E-state index in [-0.39, 0.29) is 43.2 Å². The van der Waals surface area contributed by atoms with Gasteiger partial charge in [0.15, 0.2) is 10.7 Å². The molecule has 0 atom stereocenters. The van der Waals surface area contributed by atoms with Crippen LogP contribution in [0.5, 0.6) is 5.75 Å². The number of likely N-dealkylation sites (tertiary alicyclic amines) is 1. The smallest absolute Gasteiger partial charge is 0.271 e. The minimum atomic E-state index is -4.81. The third kappa shape index (κ3) is 6.21. The molecule has 1 N–H and O–H groups in total. The second kappa shape index (κ2) is 11.6. The third-order valence-electron chi connectivity index (χ3n) is 6.90. The fraction of sp³-hybridized carbons (Fsp3) is 0.276. The van der Waals surface area contributed by atoms with Crippen LogP contribution in [0.2, 0.25) is 0 Å². The number of sulfonamides is 1. The van der Waals surface area contributed by atoms with Crippen LogP contribution in [0.25, 0.3) is 0 Å². The fourth-order valence-corrected chi connectivity index (χ4v) is 6.41. The van der Waals surface area contributed by atoms with Crippen LogP contribution >= 0.6 is 0 Å². The minimum absolute atomic E-state index is 0.0958. The Morgan fingerprint density at radius 3 is 2.33 bits per heavy atom. The van der Waals surface area contributed by atoms with Crippen molar-refractivity contribution in [3.8, 4) is 5.75 Å². The van der Waals surface area contributed by atoms with Crippen LogP contribution in [0, 0.1) is 17.5 Å². The molecule has 1 aliphatic rings. The van der Waals surface area contributed by atoms with Gasteiger partial charge in [-0.05, 0) is 48.4 Å². The number of halogens is 4. The number of nitrogens with one attached hydrogen (secondary N) is 1. The van der Waals surface area contributed by atoms with Crippen LogP contribution in [0.4, 0.5) is 29.1 Å². The Bertz CT molecular complexity index is 1630. The van der Waals surface area contributed by atoms with E-state index >= 15 is 8.78 Å². The molecule has 4 aromatic rings. The lowest BCUT2D eigenvalue weighted by molar-refractivity contribution is -0.0227. The summed E-state index contributed by atoms with van der Waals surface area (Å²) >= 11 is 0. The summed E-state index contributed by atoms with van der Waals surface area (Å²) in [6.45, 7) is 1.79. The summed E-state index contributed by atoms with van der Waals surface area (Å²) in [5.74, 6) is -2.87. The highest BCUT2D eigenvalue weighted by molar-refractivity contribution is 7.92. The first-order valence-corrected chi connectivity index (χ1v) is 14.4. The normalized spacial score (nSPS) is 14.8. The zero-order valence-corrected chi connectivity index (χ0v) is 23.6. The number of ether oxygens (including phenoxy) is 1. The van der Waals surface area contributed by atoms with E-state index in [1.165, 1.54) is 32.2 Å². The van der Waals surface area contributed by atoms with Gasteiger partial charge in [-0.3, -0.25) is 4.90 Å². The lowest BCUT2D eigenvalue weighted by Crippen LogP contribution is -2.56. The van der Waals surface area contributed by atoms with E-state index in [1.807, 2.05) is 4.90 Å². The lowest BCUT2D eigenvalue weighted by atomic mass is 9.97. The van der Waals surface area contributed by atoms with Crippen LogP contribution in [-0.2, 0) is 29.7 Å². The Morgan fingerprint density at radius 1 is 1.05 bits per heavy atom. The van der Waals surface area contributed by atoms with Gasteiger partial charge in [0.1, 0.15) is 35.1 Å². The number of nitrogens with zero attached hydrogens (tertiary/aromatic N) is 3. The first-order valence-electron chi connectivity index (χ1n) is 12.9. The molecular formula is C29H28F4N4O4S. The van der Waals surface area contributed by atoms with Crippen molar-refractivity contribution in [2.75, 3.05) is 29.8 Å². The predicted molar refractivity (Wildman–Crippen MR) is 148 cm³/mol. The maximum absolute atomic E-state index is 15.4. The maximum atomic E-state index is 15.4. The second-order valence-electron chi connectivity index (χ2n) is 10.3. The van der Waals surface area contributed by atoms with Gasteiger partial charge in [-0.25, -0.2) is 30.3 Å². The summed E-state index contributed by atoms with van der Waals surface area (Å²) in [5.41, 5.74) is -0.0435. The molecule has 0 amide bonds. The molecule has 0 radical (unpaired) electrons. The number of benzene rings is 3. The maximum Gasteiger partial charge on any atom is 0.271 e. The molecule has 13 heteroatoms. The Morgan fingerprint density at radius 2 is 1.74 bits per heavy atom. The Balaban J connectivity index is 1.38. The van der Waals surface area contributed by atoms with Crippen molar-refractivity contribution in [3.63, 3.8) is 0 Å². The van der Waals surface area contributed by atoms with Crippen molar-refractivity contribution < 1.29 is 35.2 Å². The van der Waals surface area contributed by atoms with Crippen LogP contribution in [0.1, 0.15) is 23.6 Å². The largest absolute Gasteiger partial charge is 0.497 e. The van der Waals surface area contributed by atoms with Crippen LogP contribution < -0.4 is 14.4 Å². The van der Waals surface area contributed by atoms with Gasteiger partial charge in [-0.15, -0.1) is 0 Å². The average molecular weight is 605 g/mol. The number of hydrogen-bond donors (Lipinski definition) is 1. The number of anilines is 2. The van der Waals surface area contributed by atoms with E-state index < -0.39 is 38.0 Å². The van der Waals surface area contributed by atoms with Gasteiger partial charge in [0.2, 0.25) is 0 Å². The average Bonchev–Trinajstić information content (AvgIpc) is 3.44. The zero-order valence-electron chi connectivity index (χ0n) is 22.8. The van der Waals surface area contributed by atoms with Gasteiger partial charge >= 0.3 is 0 Å². The molecule has 222 valence electrons. The molecule has 1 saturated heterocycles.